The molecule has 0 spiro atoms. The predicted molar refractivity (Wildman–Crippen MR) is 127 cm³/mol. The lowest BCUT2D eigenvalue weighted by molar-refractivity contribution is 0.0938. The van der Waals surface area contributed by atoms with Gasteiger partial charge in [0.25, 0.3) is 11.5 Å². The second kappa shape index (κ2) is 9.69. The molecule has 162 valence electrons. The molecule has 6 heteroatoms. The van der Waals surface area contributed by atoms with Gasteiger partial charge < -0.3 is 5.32 Å². The van der Waals surface area contributed by atoms with Gasteiger partial charge in [0.2, 0.25) is 0 Å². The number of carbonyl (C=O) groups excluding carboxylic acids is 1. The molecule has 0 unspecified atom stereocenters. The molecule has 3 aromatic rings. The van der Waals surface area contributed by atoms with Crippen LogP contribution in [0, 0.1) is 5.92 Å². The Morgan fingerprint density at radius 1 is 1.16 bits per heavy atom. The van der Waals surface area contributed by atoms with Gasteiger partial charge in [-0.1, -0.05) is 68.8 Å². The molecule has 4 rings (SSSR count). The maximum absolute atomic E-state index is 13.3. The molecule has 1 N–H and O–H groups in total. The molecule has 1 amide bonds. The van der Waals surface area contributed by atoms with Crippen LogP contribution in [-0.2, 0) is 12.3 Å². The number of hydrogen-bond acceptors (Lipinski definition) is 4. The smallest absolute Gasteiger partial charge is 0.262 e. The monoisotopic (exact) mass is 435 g/mol. The third-order valence-corrected chi connectivity index (χ3v) is 6.68. The van der Waals surface area contributed by atoms with Gasteiger partial charge in [-0.15, -0.1) is 0 Å². The first-order valence-electron chi connectivity index (χ1n) is 11.0. The van der Waals surface area contributed by atoms with E-state index in [1.165, 1.54) is 18.4 Å². The molecular weight excluding hydrogens is 406 g/mol. The lowest BCUT2D eigenvalue weighted by atomic mass is 10.1. The minimum atomic E-state index is -0.0829. The van der Waals surface area contributed by atoms with Crippen LogP contribution in [0.3, 0.4) is 0 Å². The van der Waals surface area contributed by atoms with Crippen molar-refractivity contribution in [1.82, 2.24) is 14.9 Å². The molecule has 31 heavy (non-hydrogen) atoms. The minimum Gasteiger partial charge on any atom is -0.349 e. The van der Waals surface area contributed by atoms with E-state index in [0.717, 1.165) is 18.6 Å². The first kappa shape index (κ1) is 21.6. The summed E-state index contributed by atoms with van der Waals surface area (Å²) in [4.78, 5) is 30.8. The Labute approximate surface area is 187 Å². The second-order valence-electron chi connectivity index (χ2n) is 8.67. The molecule has 0 radical (unpaired) electrons. The van der Waals surface area contributed by atoms with Crippen LogP contribution in [0.4, 0.5) is 0 Å². The zero-order valence-corrected chi connectivity index (χ0v) is 19.0. The van der Waals surface area contributed by atoms with Crippen LogP contribution in [0.1, 0.15) is 55.5 Å². The first-order valence-corrected chi connectivity index (χ1v) is 12.0. The molecule has 1 saturated carbocycles. The van der Waals surface area contributed by atoms with Gasteiger partial charge in [0, 0.05) is 23.9 Å². The van der Waals surface area contributed by atoms with Gasteiger partial charge in [0.15, 0.2) is 5.16 Å². The Morgan fingerprint density at radius 2 is 1.90 bits per heavy atom. The number of nitrogens with zero attached hydrogens (tertiary/aromatic N) is 2. The van der Waals surface area contributed by atoms with E-state index < -0.39 is 0 Å². The van der Waals surface area contributed by atoms with Crippen LogP contribution < -0.4 is 10.9 Å². The molecule has 1 aromatic heterocycles. The summed E-state index contributed by atoms with van der Waals surface area (Å²) in [6.45, 7) is 4.81. The van der Waals surface area contributed by atoms with Crippen molar-refractivity contribution in [2.45, 2.75) is 63.0 Å². The molecule has 1 fully saturated rings. The number of hydrogen-bond donors (Lipinski definition) is 1. The average molecular weight is 436 g/mol. The Hall–Kier alpha value is -2.60. The zero-order valence-electron chi connectivity index (χ0n) is 18.1. The van der Waals surface area contributed by atoms with Gasteiger partial charge in [-0.25, -0.2) is 4.98 Å². The number of nitrogens with one attached hydrogen (secondary N) is 1. The SMILES string of the molecule is CC(C)Cn1c(SCc2ccccc2)nc2cc(C(=O)NC3CCCC3)ccc2c1=O. The van der Waals surface area contributed by atoms with Gasteiger partial charge in [0.05, 0.1) is 10.9 Å². The highest BCUT2D eigenvalue weighted by Crippen LogP contribution is 2.24. The minimum absolute atomic E-state index is 0.0444. The summed E-state index contributed by atoms with van der Waals surface area (Å²) in [7, 11) is 0. The number of carbonyl (C=O) groups is 1. The van der Waals surface area contributed by atoms with Crippen LogP contribution in [0.25, 0.3) is 10.9 Å². The second-order valence-corrected chi connectivity index (χ2v) is 9.61. The van der Waals surface area contributed by atoms with E-state index in [1.807, 2.05) is 18.2 Å². The molecule has 1 aliphatic carbocycles. The van der Waals surface area contributed by atoms with E-state index in [4.69, 9.17) is 4.98 Å². The number of fused-ring (bicyclic) bond motifs is 1. The largest absolute Gasteiger partial charge is 0.349 e. The molecule has 0 aliphatic heterocycles. The highest BCUT2D eigenvalue weighted by atomic mass is 32.2. The molecular formula is C25H29N3O2S. The summed E-state index contributed by atoms with van der Waals surface area (Å²) in [5.41, 5.74) is 2.28. The van der Waals surface area contributed by atoms with Crippen molar-refractivity contribution >= 4 is 28.6 Å². The van der Waals surface area contributed by atoms with Crippen molar-refractivity contribution in [3.8, 4) is 0 Å². The quantitative estimate of drug-likeness (QED) is 0.418. The van der Waals surface area contributed by atoms with Crippen molar-refractivity contribution < 1.29 is 4.79 Å². The zero-order chi connectivity index (χ0) is 21.8. The van der Waals surface area contributed by atoms with E-state index in [2.05, 4.69) is 31.3 Å². The Morgan fingerprint density at radius 3 is 2.61 bits per heavy atom. The highest BCUT2D eigenvalue weighted by molar-refractivity contribution is 7.98. The fourth-order valence-corrected chi connectivity index (χ4v) is 5.00. The Kier molecular flexibility index (Phi) is 6.76. The third-order valence-electron chi connectivity index (χ3n) is 5.63. The van der Waals surface area contributed by atoms with Gasteiger partial charge in [-0.3, -0.25) is 14.2 Å². The molecule has 1 heterocycles. The lowest BCUT2D eigenvalue weighted by Crippen LogP contribution is -2.32. The molecule has 0 bridgehead atoms. The number of rotatable bonds is 7. The first-order chi connectivity index (χ1) is 15.0. The Balaban J connectivity index is 1.67. The standard InChI is InChI=1S/C25H29N3O2S/c1-17(2)15-28-24(30)21-13-12-19(23(29)26-20-10-6-7-11-20)14-22(21)27-25(28)31-16-18-8-4-3-5-9-18/h3-5,8-9,12-14,17,20H,6-7,10-11,15-16H2,1-2H3,(H,26,29). The molecule has 2 aromatic carbocycles. The third kappa shape index (κ3) is 5.18. The van der Waals surface area contributed by atoms with Crippen molar-refractivity contribution in [2.24, 2.45) is 5.92 Å². The normalized spacial score (nSPS) is 14.4. The van der Waals surface area contributed by atoms with Crippen molar-refractivity contribution in [2.75, 3.05) is 0 Å². The summed E-state index contributed by atoms with van der Waals surface area (Å²) in [6, 6.07) is 15.7. The fourth-order valence-electron chi connectivity index (χ4n) is 4.04. The maximum atomic E-state index is 13.3. The van der Waals surface area contributed by atoms with Gasteiger partial charge >= 0.3 is 0 Å². The van der Waals surface area contributed by atoms with Gasteiger partial charge in [0.1, 0.15) is 0 Å². The number of thioether (sulfide) groups is 1. The fraction of sp³-hybridized carbons (Fsp3) is 0.400. The van der Waals surface area contributed by atoms with Crippen molar-refractivity contribution in [3.05, 3.63) is 70.0 Å². The summed E-state index contributed by atoms with van der Waals surface area (Å²) in [5, 5.41) is 4.37. The summed E-state index contributed by atoms with van der Waals surface area (Å²) in [6.07, 6.45) is 4.42. The number of aromatic nitrogens is 2. The molecule has 0 atom stereocenters. The van der Waals surface area contributed by atoms with Crippen LogP contribution in [-0.4, -0.2) is 21.5 Å². The predicted octanol–water partition coefficient (Wildman–Crippen LogP) is 5.02. The van der Waals surface area contributed by atoms with Crippen LogP contribution in [0.2, 0.25) is 0 Å². The molecule has 5 nitrogen and oxygen atoms in total. The molecule has 1 aliphatic rings. The van der Waals surface area contributed by atoms with Crippen LogP contribution in [0.5, 0.6) is 0 Å². The summed E-state index contributed by atoms with van der Waals surface area (Å²) in [5.74, 6) is 0.976. The van der Waals surface area contributed by atoms with Crippen LogP contribution in [0.15, 0.2) is 58.5 Å². The van der Waals surface area contributed by atoms with Crippen molar-refractivity contribution in [3.63, 3.8) is 0 Å². The highest BCUT2D eigenvalue weighted by Gasteiger charge is 2.19. The maximum Gasteiger partial charge on any atom is 0.262 e. The van der Waals surface area contributed by atoms with Crippen LogP contribution >= 0.6 is 11.8 Å². The van der Waals surface area contributed by atoms with E-state index in [9.17, 15) is 9.59 Å². The van der Waals surface area contributed by atoms with Gasteiger partial charge in [-0.05, 0) is 42.5 Å². The molecule has 0 saturated heterocycles. The summed E-state index contributed by atoms with van der Waals surface area (Å²) < 4.78 is 1.78. The average Bonchev–Trinajstić information content (AvgIpc) is 3.27. The number of amides is 1. The van der Waals surface area contributed by atoms with E-state index in [-0.39, 0.29) is 17.5 Å². The summed E-state index contributed by atoms with van der Waals surface area (Å²) >= 11 is 1.56. The number of benzene rings is 2. The lowest BCUT2D eigenvalue weighted by Gasteiger charge is -2.16. The van der Waals surface area contributed by atoms with E-state index in [0.29, 0.717) is 34.1 Å². The van der Waals surface area contributed by atoms with E-state index >= 15 is 0 Å². The topological polar surface area (TPSA) is 64.0 Å². The van der Waals surface area contributed by atoms with Gasteiger partial charge in [-0.2, -0.15) is 0 Å². The van der Waals surface area contributed by atoms with Crippen molar-refractivity contribution in [1.29, 1.82) is 0 Å². The Bertz CT molecular complexity index is 1120. The van der Waals surface area contributed by atoms with E-state index in [1.54, 1.807) is 34.5 Å².